The Balaban J connectivity index is 1.42. The van der Waals surface area contributed by atoms with Gasteiger partial charge in [0, 0.05) is 37.0 Å². The van der Waals surface area contributed by atoms with Crippen LogP contribution in [0.1, 0.15) is 0 Å². The first-order chi connectivity index (χ1) is 17.7. The topological polar surface area (TPSA) is 47.2 Å². The highest BCUT2D eigenvalue weighted by atomic mass is 32.2. The van der Waals surface area contributed by atoms with Gasteiger partial charge in [0.05, 0.1) is 27.8 Å². The molecule has 36 heavy (non-hydrogen) atoms. The molecule has 0 saturated carbocycles. The summed E-state index contributed by atoms with van der Waals surface area (Å²) in [5, 5.41) is 8.38. The second-order valence-corrected chi connectivity index (χ2v) is 10.1. The number of aromatic nitrogens is 1. The number of hydrogen-bond acceptors (Lipinski definition) is 4. The minimum absolute atomic E-state index is 0.319. The molecule has 5 heteroatoms. The van der Waals surface area contributed by atoms with Gasteiger partial charge in [-0.15, -0.1) is 0 Å². The Bertz CT molecular complexity index is 2090. The minimum atomic E-state index is -0.319. The van der Waals surface area contributed by atoms with Crippen LogP contribution in [0.15, 0.2) is 122 Å². The molecule has 1 aliphatic heterocycles. The quantitative estimate of drug-likeness (QED) is 0.189. The SMILES string of the molecule is O=c1oc2ccccc2c2ccc(-n3c4ccccc4c4cc5c(cc43)Sc3ccccc3N5)cc12. The van der Waals surface area contributed by atoms with Crippen LogP contribution in [0.25, 0.3) is 49.2 Å². The molecule has 1 N–H and O–H groups in total. The molecule has 8 rings (SSSR count). The first-order valence-corrected chi connectivity index (χ1v) is 12.6. The zero-order valence-electron chi connectivity index (χ0n) is 19.0. The van der Waals surface area contributed by atoms with Crippen molar-refractivity contribution in [3.8, 4) is 5.69 Å². The number of nitrogens with zero attached hydrogens (tertiary/aromatic N) is 1. The van der Waals surface area contributed by atoms with E-state index in [4.69, 9.17) is 4.42 Å². The Kier molecular flexibility index (Phi) is 3.99. The lowest BCUT2D eigenvalue weighted by molar-refractivity contribution is 0.569. The van der Waals surface area contributed by atoms with E-state index in [0.29, 0.717) is 11.0 Å². The Labute approximate surface area is 209 Å². The van der Waals surface area contributed by atoms with Crippen LogP contribution < -0.4 is 10.9 Å². The van der Waals surface area contributed by atoms with Crippen molar-refractivity contribution >= 4 is 66.7 Å². The molecule has 0 bridgehead atoms. The van der Waals surface area contributed by atoms with Gasteiger partial charge in [0.1, 0.15) is 5.58 Å². The zero-order chi connectivity index (χ0) is 23.8. The van der Waals surface area contributed by atoms with Crippen molar-refractivity contribution in [2.45, 2.75) is 9.79 Å². The van der Waals surface area contributed by atoms with Crippen molar-refractivity contribution in [3.63, 3.8) is 0 Å². The molecule has 0 unspecified atom stereocenters. The largest absolute Gasteiger partial charge is 0.422 e. The number of rotatable bonds is 1. The van der Waals surface area contributed by atoms with Crippen LogP contribution in [0.5, 0.6) is 0 Å². The van der Waals surface area contributed by atoms with Gasteiger partial charge in [-0.25, -0.2) is 4.79 Å². The molecule has 0 spiro atoms. The number of nitrogens with one attached hydrogen (secondary N) is 1. The molecule has 3 heterocycles. The molecule has 0 saturated heterocycles. The number of benzene rings is 5. The average Bonchev–Trinajstić information content (AvgIpc) is 3.23. The summed E-state index contributed by atoms with van der Waals surface area (Å²) in [6.07, 6.45) is 0. The number of para-hydroxylation sites is 3. The fourth-order valence-electron chi connectivity index (χ4n) is 5.39. The Morgan fingerprint density at radius 3 is 2.36 bits per heavy atom. The number of anilines is 2. The van der Waals surface area contributed by atoms with Crippen molar-refractivity contribution in [1.82, 2.24) is 4.57 Å². The average molecular weight is 483 g/mol. The Morgan fingerprint density at radius 1 is 0.611 bits per heavy atom. The lowest BCUT2D eigenvalue weighted by Crippen LogP contribution is -2.02. The van der Waals surface area contributed by atoms with Crippen LogP contribution in [0.2, 0.25) is 0 Å². The van der Waals surface area contributed by atoms with Gasteiger partial charge >= 0.3 is 5.63 Å². The van der Waals surface area contributed by atoms with Gasteiger partial charge in [0.25, 0.3) is 0 Å². The zero-order valence-corrected chi connectivity index (χ0v) is 19.8. The molecule has 0 aliphatic carbocycles. The highest BCUT2D eigenvalue weighted by Crippen LogP contribution is 2.47. The van der Waals surface area contributed by atoms with Gasteiger partial charge < -0.3 is 14.3 Å². The van der Waals surface area contributed by atoms with E-state index in [-0.39, 0.29) is 5.63 Å². The molecule has 5 aromatic carbocycles. The highest BCUT2D eigenvalue weighted by molar-refractivity contribution is 7.99. The van der Waals surface area contributed by atoms with E-state index in [1.165, 1.54) is 20.6 Å². The molecular formula is C31H18N2O2S. The van der Waals surface area contributed by atoms with E-state index in [1.807, 2.05) is 36.4 Å². The first kappa shape index (κ1) is 19.8. The molecule has 7 aromatic rings. The summed E-state index contributed by atoms with van der Waals surface area (Å²) in [7, 11) is 0. The maximum absolute atomic E-state index is 13.0. The number of hydrogen-bond donors (Lipinski definition) is 1. The predicted octanol–water partition coefficient (Wildman–Crippen LogP) is 8.25. The molecule has 0 amide bonds. The second-order valence-electron chi connectivity index (χ2n) is 9.06. The van der Waals surface area contributed by atoms with E-state index >= 15 is 0 Å². The van der Waals surface area contributed by atoms with Crippen molar-refractivity contribution in [2.24, 2.45) is 0 Å². The normalized spacial score (nSPS) is 12.7. The van der Waals surface area contributed by atoms with Crippen molar-refractivity contribution in [2.75, 3.05) is 5.32 Å². The molecule has 4 nitrogen and oxygen atoms in total. The summed E-state index contributed by atoms with van der Waals surface area (Å²) in [5.74, 6) is 0. The van der Waals surface area contributed by atoms with E-state index < -0.39 is 0 Å². The van der Waals surface area contributed by atoms with Crippen LogP contribution >= 0.6 is 11.8 Å². The summed E-state index contributed by atoms with van der Waals surface area (Å²) in [4.78, 5) is 15.4. The predicted molar refractivity (Wildman–Crippen MR) is 148 cm³/mol. The summed E-state index contributed by atoms with van der Waals surface area (Å²) >= 11 is 1.78. The molecule has 170 valence electrons. The molecule has 2 aromatic heterocycles. The van der Waals surface area contributed by atoms with Crippen LogP contribution in [0.3, 0.4) is 0 Å². The fraction of sp³-hybridized carbons (Fsp3) is 0. The maximum Gasteiger partial charge on any atom is 0.344 e. The maximum atomic E-state index is 13.0. The lowest BCUT2D eigenvalue weighted by atomic mass is 10.1. The Morgan fingerprint density at radius 2 is 1.42 bits per heavy atom. The van der Waals surface area contributed by atoms with Crippen LogP contribution in [0.4, 0.5) is 11.4 Å². The molecule has 0 fully saturated rings. The molecule has 1 aliphatic rings. The molecule has 0 radical (unpaired) electrons. The van der Waals surface area contributed by atoms with E-state index in [1.54, 1.807) is 11.8 Å². The third-order valence-electron chi connectivity index (χ3n) is 7.01. The number of fused-ring (bicyclic) bond motifs is 8. The van der Waals surface area contributed by atoms with Crippen LogP contribution in [-0.4, -0.2) is 4.57 Å². The molecular weight excluding hydrogens is 464 g/mol. The van der Waals surface area contributed by atoms with Gasteiger partial charge in [0.2, 0.25) is 0 Å². The van der Waals surface area contributed by atoms with Gasteiger partial charge in [-0.05, 0) is 48.5 Å². The Hall–Kier alpha value is -4.48. The van der Waals surface area contributed by atoms with Crippen LogP contribution in [0, 0.1) is 0 Å². The van der Waals surface area contributed by atoms with E-state index in [2.05, 4.69) is 76.6 Å². The van der Waals surface area contributed by atoms with E-state index in [0.717, 1.165) is 38.9 Å². The second kappa shape index (κ2) is 7.26. The van der Waals surface area contributed by atoms with Crippen molar-refractivity contribution in [3.05, 3.63) is 114 Å². The standard InChI is InChI=1S/C31H18N2O2S/c34-31-23-15-18(13-14-19(23)21-8-2-5-11-28(21)35-31)33-26-10-4-1-7-20(26)22-16-25-30(17-27(22)33)36-29-12-6-3-9-24(29)32-25/h1-17,32H. The minimum Gasteiger partial charge on any atom is -0.422 e. The van der Waals surface area contributed by atoms with Crippen molar-refractivity contribution < 1.29 is 4.42 Å². The van der Waals surface area contributed by atoms with Gasteiger partial charge in [-0.3, -0.25) is 0 Å². The summed E-state index contributed by atoms with van der Waals surface area (Å²) < 4.78 is 7.90. The highest BCUT2D eigenvalue weighted by Gasteiger charge is 2.20. The van der Waals surface area contributed by atoms with Gasteiger partial charge in [-0.2, -0.15) is 0 Å². The van der Waals surface area contributed by atoms with E-state index in [9.17, 15) is 4.79 Å². The van der Waals surface area contributed by atoms with Gasteiger partial charge in [0.15, 0.2) is 0 Å². The first-order valence-electron chi connectivity index (χ1n) is 11.8. The summed E-state index contributed by atoms with van der Waals surface area (Å²) in [6.45, 7) is 0. The summed E-state index contributed by atoms with van der Waals surface area (Å²) in [5.41, 5.74) is 5.67. The molecule has 0 atom stereocenters. The third kappa shape index (κ3) is 2.75. The van der Waals surface area contributed by atoms with Crippen LogP contribution in [-0.2, 0) is 0 Å². The third-order valence-corrected chi connectivity index (χ3v) is 8.14. The smallest absolute Gasteiger partial charge is 0.344 e. The fourth-order valence-corrected chi connectivity index (χ4v) is 6.39. The monoisotopic (exact) mass is 482 g/mol. The lowest BCUT2D eigenvalue weighted by Gasteiger charge is -2.21. The summed E-state index contributed by atoms with van der Waals surface area (Å²) in [6, 6.07) is 35.1. The van der Waals surface area contributed by atoms with Crippen molar-refractivity contribution in [1.29, 1.82) is 0 Å². The van der Waals surface area contributed by atoms with Gasteiger partial charge in [-0.1, -0.05) is 66.4 Å².